The summed E-state index contributed by atoms with van der Waals surface area (Å²) in [5.74, 6) is 1.38. The maximum absolute atomic E-state index is 12.2. The Morgan fingerprint density at radius 3 is 2.59 bits per heavy atom. The second-order valence-corrected chi connectivity index (χ2v) is 8.34. The summed E-state index contributed by atoms with van der Waals surface area (Å²) in [5.41, 5.74) is 0. The smallest absolute Gasteiger partial charge is 0.410 e. The topological polar surface area (TPSA) is 29.5 Å². The van der Waals surface area contributed by atoms with E-state index in [2.05, 4.69) is 35.0 Å². The fourth-order valence-corrected chi connectivity index (χ4v) is 4.97. The van der Waals surface area contributed by atoms with Gasteiger partial charge in [0.2, 0.25) is 0 Å². The largest absolute Gasteiger partial charge is 0.444 e. The molecule has 3 saturated heterocycles. The van der Waals surface area contributed by atoms with Gasteiger partial charge in [0, 0.05) is 6.04 Å². The van der Waals surface area contributed by atoms with Crippen molar-refractivity contribution in [1.29, 1.82) is 0 Å². The van der Waals surface area contributed by atoms with Gasteiger partial charge in [-0.15, -0.1) is 0 Å². The van der Waals surface area contributed by atoms with Crippen LogP contribution < -0.4 is 0 Å². The van der Waals surface area contributed by atoms with Crippen molar-refractivity contribution in [3.8, 4) is 0 Å². The van der Waals surface area contributed by atoms with Crippen LogP contribution in [-0.4, -0.2) is 36.5 Å². The van der Waals surface area contributed by atoms with Gasteiger partial charge in [-0.1, -0.05) is 57.1 Å². The zero-order valence-corrected chi connectivity index (χ0v) is 14.7. The molecule has 1 radical (unpaired) electrons. The minimum atomic E-state index is -0.0866. The summed E-state index contributed by atoms with van der Waals surface area (Å²) < 4.78 is 5.77. The highest BCUT2D eigenvalue weighted by Gasteiger charge is 2.50. The highest BCUT2D eigenvalue weighted by Crippen LogP contribution is 2.59. The van der Waals surface area contributed by atoms with Crippen molar-refractivity contribution in [2.75, 3.05) is 0 Å². The molecule has 4 fully saturated rings. The van der Waals surface area contributed by atoms with E-state index in [9.17, 15) is 4.79 Å². The number of carbonyl (C=O) groups excluding carboxylic acids is 1. The van der Waals surface area contributed by atoms with Crippen LogP contribution in [0.3, 0.4) is 0 Å². The second-order valence-electron chi connectivity index (χ2n) is 8.34. The SMILES string of the molecule is CC(C)N1C(=O)OC2CC3[B]C(C(C)C)(CCCCCC21)C3. The predicted octanol–water partition coefficient (Wildman–Crippen LogP) is 4.65. The molecule has 0 aromatic carbocycles. The van der Waals surface area contributed by atoms with Crippen molar-refractivity contribution < 1.29 is 9.53 Å². The Balaban J connectivity index is 1.73. The van der Waals surface area contributed by atoms with Gasteiger partial charge in [-0.25, -0.2) is 4.79 Å². The number of rotatable bonds is 2. The molecule has 3 aliphatic heterocycles. The van der Waals surface area contributed by atoms with E-state index in [0.717, 1.165) is 18.8 Å². The molecule has 4 atom stereocenters. The van der Waals surface area contributed by atoms with Gasteiger partial charge < -0.3 is 4.74 Å². The number of ether oxygens (including phenoxy) is 1. The van der Waals surface area contributed by atoms with Crippen LogP contribution in [0.4, 0.5) is 4.79 Å². The number of nitrogens with zero attached hydrogens (tertiary/aromatic N) is 1. The Morgan fingerprint density at radius 2 is 1.95 bits per heavy atom. The molecule has 123 valence electrons. The van der Waals surface area contributed by atoms with Gasteiger partial charge in [0.05, 0.1) is 6.04 Å². The van der Waals surface area contributed by atoms with E-state index >= 15 is 0 Å². The summed E-state index contributed by atoms with van der Waals surface area (Å²) in [6, 6.07) is 0.542. The molecule has 4 unspecified atom stereocenters. The van der Waals surface area contributed by atoms with Gasteiger partial charge in [-0.3, -0.25) is 4.90 Å². The Hall–Kier alpha value is -0.665. The average molecular weight is 304 g/mol. The Bertz CT molecular complexity index is 417. The fraction of sp³-hybridized carbons (Fsp3) is 0.944. The van der Waals surface area contributed by atoms with Crippen LogP contribution >= 0.6 is 0 Å². The molecule has 0 spiro atoms. The van der Waals surface area contributed by atoms with Gasteiger partial charge in [-0.05, 0) is 32.6 Å². The zero-order chi connectivity index (χ0) is 15.9. The summed E-state index contributed by atoms with van der Waals surface area (Å²) in [6.07, 6.45) is 8.66. The molecule has 4 rings (SSSR count). The van der Waals surface area contributed by atoms with Crippen LogP contribution in [0.25, 0.3) is 0 Å². The van der Waals surface area contributed by atoms with Crippen molar-refractivity contribution in [3.63, 3.8) is 0 Å². The van der Waals surface area contributed by atoms with Crippen molar-refractivity contribution >= 4 is 13.4 Å². The standard InChI is InChI=1S/C18H31BNO2/c1-12(2)18-9-7-5-6-8-15-16(10-14(11-18)19-18)22-17(21)20(15)13(3)4/h12-16H,5-11H2,1-4H3. The maximum atomic E-state index is 12.2. The Kier molecular flexibility index (Phi) is 4.48. The number of carbonyl (C=O) groups is 1. The Labute approximate surface area is 136 Å². The molecule has 1 amide bonds. The van der Waals surface area contributed by atoms with Crippen LogP contribution in [-0.2, 0) is 4.74 Å². The third-order valence-electron chi connectivity index (χ3n) is 6.34. The van der Waals surface area contributed by atoms with Gasteiger partial charge in [0.25, 0.3) is 0 Å². The Morgan fingerprint density at radius 1 is 1.23 bits per heavy atom. The van der Waals surface area contributed by atoms with E-state index < -0.39 is 0 Å². The van der Waals surface area contributed by atoms with E-state index in [4.69, 9.17) is 4.74 Å². The van der Waals surface area contributed by atoms with Gasteiger partial charge in [-0.2, -0.15) is 0 Å². The molecular formula is C18H31BNO2. The zero-order valence-electron chi connectivity index (χ0n) is 14.7. The molecule has 1 saturated carbocycles. The lowest BCUT2D eigenvalue weighted by Crippen LogP contribution is -2.44. The lowest BCUT2D eigenvalue weighted by Gasteiger charge is -2.51. The average Bonchev–Trinajstić information content (AvgIpc) is 2.66. The van der Waals surface area contributed by atoms with Crippen LogP contribution in [0.15, 0.2) is 0 Å². The molecule has 0 aromatic rings. The molecule has 0 aromatic heterocycles. The van der Waals surface area contributed by atoms with Crippen molar-refractivity contribution in [3.05, 3.63) is 0 Å². The van der Waals surface area contributed by atoms with Crippen molar-refractivity contribution in [2.24, 2.45) is 5.92 Å². The molecular weight excluding hydrogens is 273 g/mol. The van der Waals surface area contributed by atoms with Gasteiger partial charge in [0.15, 0.2) is 0 Å². The quantitative estimate of drug-likeness (QED) is 0.695. The summed E-state index contributed by atoms with van der Waals surface area (Å²) >= 11 is 0. The summed E-state index contributed by atoms with van der Waals surface area (Å²) in [7, 11) is 2.60. The van der Waals surface area contributed by atoms with E-state index in [1.165, 1.54) is 32.1 Å². The van der Waals surface area contributed by atoms with E-state index in [0.29, 0.717) is 17.2 Å². The van der Waals surface area contributed by atoms with Crippen LogP contribution in [0.2, 0.25) is 11.1 Å². The first kappa shape index (κ1) is 16.2. The van der Waals surface area contributed by atoms with Gasteiger partial charge >= 0.3 is 6.09 Å². The van der Waals surface area contributed by atoms with E-state index in [1.54, 1.807) is 0 Å². The molecule has 3 heterocycles. The third-order valence-corrected chi connectivity index (χ3v) is 6.34. The maximum Gasteiger partial charge on any atom is 0.410 e. The molecule has 0 N–H and O–H groups in total. The molecule has 4 aliphatic rings. The normalized spacial score (nSPS) is 38.9. The highest BCUT2D eigenvalue weighted by atomic mass is 16.6. The summed E-state index contributed by atoms with van der Waals surface area (Å²) in [5, 5.41) is 0.463. The lowest BCUT2D eigenvalue weighted by molar-refractivity contribution is 0.117. The monoisotopic (exact) mass is 304 g/mol. The first-order chi connectivity index (χ1) is 10.4. The lowest BCUT2D eigenvalue weighted by atomic mass is 9.27. The third kappa shape index (κ3) is 2.78. The number of hydrogen-bond donors (Lipinski definition) is 0. The summed E-state index contributed by atoms with van der Waals surface area (Å²) in [4.78, 5) is 14.2. The first-order valence-corrected chi connectivity index (χ1v) is 9.28. The van der Waals surface area contributed by atoms with Crippen LogP contribution in [0.1, 0.15) is 72.6 Å². The predicted molar refractivity (Wildman–Crippen MR) is 90.4 cm³/mol. The molecule has 2 bridgehead atoms. The molecule has 1 aliphatic carbocycles. The molecule has 22 heavy (non-hydrogen) atoms. The minimum absolute atomic E-state index is 0.0866. The van der Waals surface area contributed by atoms with Crippen molar-refractivity contribution in [1.82, 2.24) is 4.90 Å². The second kappa shape index (κ2) is 6.09. The fourth-order valence-electron chi connectivity index (χ4n) is 4.97. The number of amides is 1. The van der Waals surface area contributed by atoms with Gasteiger partial charge in [0.1, 0.15) is 13.4 Å². The highest BCUT2D eigenvalue weighted by molar-refractivity contribution is 6.46. The minimum Gasteiger partial charge on any atom is -0.444 e. The summed E-state index contributed by atoms with van der Waals surface area (Å²) in [6.45, 7) is 8.94. The van der Waals surface area contributed by atoms with Crippen LogP contribution in [0.5, 0.6) is 0 Å². The van der Waals surface area contributed by atoms with E-state index in [1.807, 2.05) is 4.90 Å². The van der Waals surface area contributed by atoms with E-state index in [-0.39, 0.29) is 18.2 Å². The molecule has 4 heteroatoms. The van der Waals surface area contributed by atoms with Crippen molar-refractivity contribution in [2.45, 2.75) is 102 Å². The number of hydrogen-bond acceptors (Lipinski definition) is 2. The first-order valence-electron chi connectivity index (χ1n) is 9.28. The van der Waals surface area contributed by atoms with Crippen LogP contribution in [0, 0.1) is 5.92 Å². The number of fused-ring (bicyclic) bond motifs is 4. The molecule has 3 nitrogen and oxygen atoms in total.